The van der Waals surface area contributed by atoms with Gasteiger partial charge in [0.1, 0.15) is 23.6 Å². The number of rotatable bonds is 6. The Labute approximate surface area is 191 Å². The molecule has 0 aliphatic heterocycles. The third kappa shape index (κ3) is 4.29. The van der Waals surface area contributed by atoms with Crippen molar-refractivity contribution in [2.75, 3.05) is 0 Å². The summed E-state index contributed by atoms with van der Waals surface area (Å²) in [5.74, 6) is 0.996. The van der Waals surface area contributed by atoms with Crippen LogP contribution in [0.5, 0.6) is 0 Å². The summed E-state index contributed by atoms with van der Waals surface area (Å²) >= 11 is 6.35. The second-order valence-corrected chi connectivity index (χ2v) is 8.25. The van der Waals surface area contributed by atoms with Gasteiger partial charge in [-0.15, -0.1) is 0 Å². The maximum absolute atomic E-state index is 13.6. The first-order chi connectivity index (χ1) is 15.3. The highest BCUT2D eigenvalue weighted by Gasteiger charge is 2.29. The molecular formula is C24H23ClN4O3. The van der Waals surface area contributed by atoms with E-state index in [1.807, 2.05) is 63.2 Å². The summed E-state index contributed by atoms with van der Waals surface area (Å²) in [7, 11) is 0. The van der Waals surface area contributed by atoms with Crippen molar-refractivity contribution in [3.05, 3.63) is 76.3 Å². The number of benzene rings is 2. The van der Waals surface area contributed by atoms with Gasteiger partial charge in [-0.05, 0) is 33.8 Å². The molecule has 0 radical (unpaired) electrons. The highest BCUT2D eigenvalue weighted by molar-refractivity contribution is 6.33. The molecule has 0 atom stereocenters. The van der Waals surface area contributed by atoms with E-state index < -0.39 is 0 Å². The number of amides is 1. The van der Waals surface area contributed by atoms with Gasteiger partial charge in [0.15, 0.2) is 0 Å². The SMILES string of the molecule is Cc1ccc(-c2noc(CN(C(=O)c3c(-c4ccccc4Cl)noc3C)C(C)C)n2)cc1. The molecule has 0 aliphatic carbocycles. The second kappa shape index (κ2) is 8.96. The molecule has 4 rings (SSSR count). The van der Waals surface area contributed by atoms with Crippen molar-refractivity contribution in [2.45, 2.75) is 40.3 Å². The number of hydrogen-bond acceptors (Lipinski definition) is 6. The Hall–Kier alpha value is -3.45. The fraction of sp³-hybridized carbons (Fsp3) is 0.250. The lowest BCUT2D eigenvalue weighted by molar-refractivity contribution is 0.0666. The molecule has 0 fully saturated rings. The molecule has 32 heavy (non-hydrogen) atoms. The standard InChI is InChI=1S/C24H23ClN4O3/c1-14(2)29(13-20-26-23(28-32-20)17-11-9-15(3)10-12-17)24(30)21-16(4)31-27-22(21)18-7-5-6-8-19(18)25/h5-12,14H,13H2,1-4H3. The highest BCUT2D eigenvalue weighted by Crippen LogP contribution is 2.32. The average molecular weight is 451 g/mol. The maximum atomic E-state index is 13.6. The first kappa shape index (κ1) is 21.8. The van der Waals surface area contributed by atoms with Gasteiger partial charge >= 0.3 is 0 Å². The molecule has 2 aromatic carbocycles. The van der Waals surface area contributed by atoms with Crippen LogP contribution >= 0.6 is 11.6 Å². The second-order valence-electron chi connectivity index (χ2n) is 7.85. The molecule has 0 saturated heterocycles. The van der Waals surface area contributed by atoms with E-state index in [-0.39, 0.29) is 18.5 Å². The van der Waals surface area contributed by atoms with Gasteiger partial charge in [0.05, 0.1) is 5.02 Å². The topological polar surface area (TPSA) is 85.3 Å². The van der Waals surface area contributed by atoms with Crippen LogP contribution in [0.1, 0.15) is 41.4 Å². The molecule has 1 amide bonds. The van der Waals surface area contributed by atoms with Crippen LogP contribution in [0.3, 0.4) is 0 Å². The Balaban J connectivity index is 1.64. The molecular weight excluding hydrogens is 428 g/mol. The Bertz CT molecular complexity index is 1240. The van der Waals surface area contributed by atoms with Gasteiger partial charge in [-0.2, -0.15) is 4.98 Å². The van der Waals surface area contributed by atoms with Crippen molar-refractivity contribution >= 4 is 17.5 Å². The number of carbonyl (C=O) groups is 1. The van der Waals surface area contributed by atoms with Gasteiger partial charge < -0.3 is 13.9 Å². The minimum Gasteiger partial charge on any atom is -0.360 e. The summed E-state index contributed by atoms with van der Waals surface area (Å²) < 4.78 is 10.8. The summed E-state index contributed by atoms with van der Waals surface area (Å²) in [6, 6.07) is 14.9. The van der Waals surface area contributed by atoms with Crippen LogP contribution in [-0.2, 0) is 6.54 Å². The average Bonchev–Trinajstić information content (AvgIpc) is 3.39. The van der Waals surface area contributed by atoms with E-state index in [0.29, 0.717) is 39.3 Å². The molecule has 164 valence electrons. The molecule has 2 heterocycles. The third-order valence-electron chi connectivity index (χ3n) is 5.17. The van der Waals surface area contributed by atoms with E-state index in [9.17, 15) is 4.79 Å². The van der Waals surface area contributed by atoms with Crippen LogP contribution in [0, 0.1) is 13.8 Å². The van der Waals surface area contributed by atoms with Crippen LogP contribution in [0.15, 0.2) is 57.6 Å². The minimum atomic E-state index is -0.247. The molecule has 8 heteroatoms. The zero-order valence-corrected chi connectivity index (χ0v) is 19.1. The predicted molar refractivity (Wildman–Crippen MR) is 121 cm³/mol. The summed E-state index contributed by atoms with van der Waals surface area (Å²) in [5, 5.41) is 8.67. The number of aryl methyl sites for hydroxylation is 2. The fourth-order valence-corrected chi connectivity index (χ4v) is 3.60. The molecule has 0 aliphatic rings. The van der Waals surface area contributed by atoms with Gasteiger partial charge in [-0.1, -0.05) is 69.9 Å². The zero-order valence-electron chi connectivity index (χ0n) is 18.3. The Morgan fingerprint density at radius 2 is 1.75 bits per heavy atom. The van der Waals surface area contributed by atoms with E-state index in [1.165, 1.54) is 0 Å². The number of halogens is 1. The lowest BCUT2D eigenvalue weighted by atomic mass is 10.0. The van der Waals surface area contributed by atoms with E-state index in [2.05, 4.69) is 15.3 Å². The van der Waals surface area contributed by atoms with E-state index >= 15 is 0 Å². The van der Waals surface area contributed by atoms with Crippen molar-refractivity contribution in [1.29, 1.82) is 0 Å². The predicted octanol–water partition coefficient (Wildman–Crippen LogP) is 5.71. The van der Waals surface area contributed by atoms with Crippen LogP contribution < -0.4 is 0 Å². The van der Waals surface area contributed by atoms with E-state index in [1.54, 1.807) is 17.9 Å². The van der Waals surface area contributed by atoms with Crippen molar-refractivity contribution < 1.29 is 13.8 Å². The van der Waals surface area contributed by atoms with Crippen LogP contribution in [0.25, 0.3) is 22.6 Å². The minimum absolute atomic E-state index is 0.134. The smallest absolute Gasteiger partial charge is 0.260 e. The molecule has 2 aromatic heterocycles. The molecule has 0 spiro atoms. The van der Waals surface area contributed by atoms with Gasteiger partial charge in [-0.25, -0.2) is 0 Å². The molecule has 0 bridgehead atoms. The van der Waals surface area contributed by atoms with Crippen molar-refractivity contribution in [1.82, 2.24) is 20.2 Å². The molecule has 0 saturated carbocycles. The summed E-state index contributed by atoms with van der Waals surface area (Å²) in [6.07, 6.45) is 0. The van der Waals surface area contributed by atoms with Gasteiger partial charge in [0, 0.05) is 17.2 Å². The van der Waals surface area contributed by atoms with Crippen LogP contribution in [0.2, 0.25) is 5.02 Å². The summed E-state index contributed by atoms with van der Waals surface area (Å²) in [4.78, 5) is 19.7. The third-order valence-corrected chi connectivity index (χ3v) is 5.50. The number of nitrogens with zero attached hydrogens (tertiary/aromatic N) is 4. The lowest BCUT2D eigenvalue weighted by Gasteiger charge is -2.25. The Morgan fingerprint density at radius 1 is 1.03 bits per heavy atom. The fourth-order valence-electron chi connectivity index (χ4n) is 3.38. The lowest BCUT2D eigenvalue weighted by Crippen LogP contribution is -2.37. The van der Waals surface area contributed by atoms with E-state index in [4.69, 9.17) is 20.6 Å². The molecule has 7 nitrogen and oxygen atoms in total. The largest absolute Gasteiger partial charge is 0.360 e. The van der Waals surface area contributed by atoms with Gasteiger partial charge in [-0.3, -0.25) is 4.79 Å². The van der Waals surface area contributed by atoms with Crippen molar-refractivity contribution in [3.8, 4) is 22.6 Å². The van der Waals surface area contributed by atoms with Crippen LogP contribution in [0.4, 0.5) is 0 Å². The van der Waals surface area contributed by atoms with Gasteiger partial charge in [0.2, 0.25) is 11.7 Å². The van der Waals surface area contributed by atoms with Crippen LogP contribution in [-0.4, -0.2) is 32.1 Å². The maximum Gasteiger partial charge on any atom is 0.260 e. The van der Waals surface area contributed by atoms with E-state index in [0.717, 1.165) is 11.1 Å². The molecule has 0 unspecified atom stereocenters. The van der Waals surface area contributed by atoms with Gasteiger partial charge in [0.25, 0.3) is 5.91 Å². The summed E-state index contributed by atoms with van der Waals surface area (Å²) in [6.45, 7) is 7.73. The quantitative estimate of drug-likeness (QED) is 0.374. The molecule has 0 N–H and O–H groups in total. The zero-order chi connectivity index (χ0) is 22.8. The normalized spacial score (nSPS) is 11.2. The number of carbonyl (C=O) groups excluding carboxylic acids is 1. The summed E-state index contributed by atoms with van der Waals surface area (Å²) in [5.41, 5.74) is 3.41. The first-order valence-electron chi connectivity index (χ1n) is 10.3. The van der Waals surface area contributed by atoms with Crippen molar-refractivity contribution in [2.24, 2.45) is 0 Å². The Kier molecular flexibility index (Phi) is 6.10. The monoisotopic (exact) mass is 450 g/mol. The number of aromatic nitrogens is 3. The first-order valence-corrected chi connectivity index (χ1v) is 10.6. The highest BCUT2D eigenvalue weighted by atomic mass is 35.5. The Morgan fingerprint density at radius 3 is 2.44 bits per heavy atom. The molecule has 4 aromatic rings. The number of hydrogen-bond donors (Lipinski definition) is 0. The van der Waals surface area contributed by atoms with Crippen molar-refractivity contribution in [3.63, 3.8) is 0 Å².